The second-order valence-corrected chi connectivity index (χ2v) is 4.76. The third-order valence-electron chi connectivity index (χ3n) is 3.23. The molecule has 0 aliphatic heterocycles. The van der Waals surface area contributed by atoms with Crippen LogP contribution < -0.4 is 4.90 Å². The highest BCUT2D eigenvalue weighted by molar-refractivity contribution is 6.17. The molecule has 0 radical (unpaired) electrons. The van der Waals surface area contributed by atoms with Gasteiger partial charge in [0, 0.05) is 25.7 Å². The standard InChI is InChI=1S/C12H17ClN2/c1-9-5-11(9)8-15(2)12-7-14-4-3-10(12)6-13/h3-4,7,9,11H,5-6,8H2,1-2H3. The predicted molar refractivity (Wildman–Crippen MR) is 64.3 cm³/mol. The Morgan fingerprint density at radius 2 is 2.33 bits per heavy atom. The Hall–Kier alpha value is -0.760. The van der Waals surface area contributed by atoms with Gasteiger partial charge in [0.1, 0.15) is 0 Å². The van der Waals surface area contributed by atoms with E-state index in [1.165, 1.54) is 17.7 Å². The average Bonchev–Trinajstić information content (AvgIpc) is 2.94. The average molecular weight is 225 g/mol. The van der Waals surface area contributed by atoms with Crippen molar-refractivity contribution < 1.29 is 0 Å². The molecule has 1 heterocycles. The van der Waals surface area contributed by atoms with Gasteiger partial charge in [-0.05, 0) is 29.9 Å². The van der Waals surface area contributed by atoms with Gasteiger partial charge in [-0.2, -0.15) is 0 Å². The molecule has 1 aromatic rings. The number of anilines is 1. The summed E-state index contributed by atoms with van der Waals surface area (Å²) in [5.74, 6) is 2.31. The Balaban J connectivity index is 2.06. The maximum atomic E-state index is 5.90. The van der Waals surface area contributed by atoms with E-state index < -0.39 is 0 Å². The molecule has 0 spiro atoms. The van der Waals surface area contributed by atoms with E-state index in [0.717, 1.165) is 18.4 Å². The third kappa shape index (κ3) is 2.43. The summed E-state index contributed by atoms with van der Waals surface area (Å²) >= 11 is 5.90. The smallest absolute Gasteiger partial charge is 0.0595 e. The van der Waals surface area contributed by atoms with Gasteiger partial charge in [0.25, 0.3) is 0 Å². The normalized spacial score (nSPS) is 23.9. The Morgan fingerprint density at radius 3 is 2.93 bits per heavy atom. The molecule has 15 heavy (non-hydrogen) atoms. The number of nitrogens with zero attached hydrogens (tertiary/aromatic N) is 2. The molecule has 0 N–H and O–H groups in total. The molecule has 2 atom stereocenters. The number of pyridine rings is 1. The lowest BCUT2D eigenvalue weighted by Crippen LogP contribution is -2.21. The zero-order valence-electron chi connectivity index (χ0n) is 9.28. The summed E-state index contributed by atoms with van der Waals surface area (Å²) in [5, 5.41) is 0. The van der Waals surface area contributed by atoms with Gasteiger partial charge >= 0.3 is 0 Å². The summed E-state index contributed by atoms with van der Waals surface area (Å²) in [6, 6.07) is 2.00. The molecule has 1 saturated carbocycles. The number of hydrogen-bond acceptors (Lipinski definition) is 2. The molecular weight excluding hydrogens is 208 g/mol. The number of aromatic nitrogens is 1. The maximum Gasteiger partial charge on any atom is 0.0595 e. The van der Waals surface area contributed by atoms with Crippen LogP contribution in [0.15, 0.2) is 18.5 Å². The molecule has 0 saturated heterocycles. The second-order valence-electron chi connectivity index (χ2n) is 4.49. The molecule has 0 bridgehead atoms. The van der Waals surface area contributed by atoms with E-state index in [9.17, 15) is 0 Å². The molecule has 0 amide bonds. The Labute approximate surface area is 96.3 Å². The van der Waals surface area contributed by atoms with Crippen molar-refractivity contribution in [1.82, 2.24) is 4.98 Å². The molecule has 2 rings (SSSR count). The molecular formula is C12H17ClN2. The molecule has 1 aromatic heterocycles. The molecule has 82 valence electrons. The lowest BCUT2D eigenvalue weighted by molar-refractivity contribution is 0.723. The van der Waals surface area contributed by atoms with Crippen molar-refractivity contribution in [2.24, 2.45) is 11.8 Å². The number of halogens is 1. The van der Waals surface area contributed by atoms with Crippen molar-refractivity contribution in [3.63, 3.8) is 0 Å². The number of alkyl halides is 1. The van der Waals surface area contributed by atoms with Crippen LogP contribution in [0.5, 0.6) is 0 Å². The number of rotatable bonds is 4. The summed E-state index contributed by atoms with van der Waals surface area (Å²) in [6.07, 6.45) is 5.07. The molecule has 3 heteroatoms. The van der Waals surface area contributed by atoms with E-state index in [2.05, 4.69) is 23.9 Å². The predicted octanol–water partition coefficient (Wildman–Crippen LogP) is 2.91. The van der Waals surface area contributed by atoms with E-state index in [-0.39, 0.29) is 0 Å². The zero-order chi connectivity index (χ0) is 10.8. The van der Waals surface area contributed by atoms with Crippen molar-refractivity contribution in [3.8, 4) is 0 Å². The SMILES string of the molecule is CC1CC1CN(C)c1cnccc1CCl. The highest BCUT2D eigenvalue weighted by Gasteiger charge is 2.33. The van der Waals surface area contributed by atoms with E-state index in [1.807, 2.05) is 12.3 Å². The van der Waals surface area contributed by atoms with Crippen molar-refractivity contribution in [1.29, 1.82) is 0 Å². The zero-order valence-corrected chi connectivity index (χ0v) is 10.0. The van der Waals surface area contributed by atoms with Crippen molar-refractivity contribution in [2.75, 3.05) is 18.5 Å². The third-order valence-corrected chi connectivity index (χ3v) is 3.52. The first kappa shape index (κ1) is 10.7. The second kappa shape index (κ2) is 4.40. The minimum atomic E-state index is 0.558. The molecule has 1 fully saturated rings. The van der Waals surface area contributed by atoms with Crippen LogP contribution in [0.3, 0.4) is 0 Å². The van der Waals surface area contributed by atoms with Gasteiger partial charge in [0.2, 0.25) is 0 Å². The first-order chi connectivity index (χ1) is 7.22. The van der Waals surface area contributed by atoms with Crippen molar-refractivity contribution in [3.05, 3.63) is 24.0 Å². The molecule has 1 aliphatic rings. The Morgan fingerprint density at radius 1 is 1.60 bits per heavy atom. The van der Waals surface area contributed by atoms with Gasteiger partial charge in [-0.3, -0.25) is 4.98 Å². The van der Waals surface area contributed by atoms with Crippen molar-refractivity contribution in [2.45, 2.75) is 19.2 Å². The van der Waals surface area contributed by atoms with Crippen LogP contribution in [-0.2, 0) is 5.88 Å². The van der Waals surface area contributed by atoms with Crippen LogP contribution in [0, 0.1) is 11.8 Å². The van der Waals surface area contributed by atoms with Crippen LogP contribution >= 0.6 is 11.6 Å². The van der Waals surface area contributed by atoms with Crippen LogP contribution in [0.1, 0.15) is 18.9 Å². The summed E-state index contributed by atoms with van der Waals surface area (Å²) in [7, 11) is 2.12. The van der Waals surface area contributed by atoms with Crippen LogP contribution in [0.25, 0.3) is 0 Å². The van der Waals surface area contributed by atoms with E-state index in [4.69, 9.17) is 11.6 Å². The summed E-state index contributed by atoms with van der Waals surface area (Å²) in [4.78, 5) is 6.44. The minimum Gasteiger partial charge on any atom is -0.373 e. The van der Waals surface area contributed by atoms with E-state index in [0.29, 0.717) is 5.88 Å². The Bertz CT molecular complexity index is 340. The molecule has 2 nitrogen and oxygen atoms in total. The fourth-order valence-corrected chi connectivity index (χ4v) is 2.20. The largest absolute Gasteiger partial charge is 0.373 e. The molecule has 1 aliphatic carbocycles. The summed E-state index contributed by atoms with van der Waals surface area (Å²) in [6.45, 7) is 3.43. The highest BCUT2D eigenvalue weighted by atomic mass is 35.5. The molecule has 2 unspecified atom stereocenters. The lowest BCUT2D eigenvalue weighted by Gasteiger charge is -2.21. The summed E-state index contributed by atoms with van der Waals surface area (Å²) < 4.78 is 0. The van der Waals surface area contributed by atoms with Gasteiger partial charge in [-0.15, -0.1) is 11.6 Å². The van der Waals surface area contributed by atoms with Gasteiger partial charge < -0.3 is 4.90 Å². The van der Waals surface area contributed by atoms with Gasteiger partial charge in [-0.25, -0.2) is 0 Å². The maximum absolute atomic E-state index is 5.90. The van der Waals surface area contributed by atoms with Gasteiger partial charge in [-0.1, -0.05) is 6.92 Å². The van der Waals surface area contributed by atoms with E-state index >= 15 is 0 Å². The van der Waals surface area contributed by atoms with Gasteiger partial charge in [0.05, 0.1) is 11.9 Å². The topological polar surface area (TPSA) is 16.1 Å². The van der Waals surface area contributed by atoms with Crippen LogP contribution in [0.4, 0.5) is 5.69 Å². The van der Waals surface area contributed by atoms with E-state index in [1.54, 1.807) is 6.20 Å². The fraction of sp³-hybridized carbons (Fsp3) is 0.583. The monoisotopic (exact) mass is 224 g/mol. The van der Waals surface area contributed by atoms with Crippen molar-refractivity contribution >= 4 is 17.3 Å². The molecule has 0 aromatic carbocycles. The lowest BCUT2D eigenvalue weighted by atomic mass is 10.2. The minimum absolute atomic E-state index is 0.558. The quantitative estimate of drug-likeness (QED) is 0.732. The first-order valence-electron chi connectivity index (χ1n) is 5.42. The summed E-state index contributed by atoms with van der Waals surface area (Å²) in [5.41, 5.74) is 2.34. The van der Waals surface area contributed by atoms with Gasteiger partial charge in [0.15, 0.2) is 0 Å². The highest BCUT2D eigenvalue weighted by Crippen LogP contribution is 2.38. The fourth-order valence-electron chi connectivity index (χ4n) is 1.98. The van der Waals surface area contributed by atoms with Crippen LogP contribution in [-0.4, -0.2) is 18.6 Å². The first-order valence-corrected chi connectivity index (χ1v) is 5.95. The number of hydrogen-bond donors (Lipinski definition) is 0. The Kier molecular flexibility index (Phi) is 3.15. The van der Waals surface area contributed by atoms with Crippen LogP contribution in [0.2, 0.25) is 0 Å².